The van der Waals surface area contributed by atoms with Gasteiger partial charge in [-0.1, -0.05) is 37.3 Å². The van der Waals surface area contributed by atoms with Crippen LogP contribution in [0.3, 0.4) is 0 Å². The van der Waals surface area contributed by atoms with Gasteiger partial charge in [-0.2, -0.15) is 0 Å². The summed E-state index contributed by atoms with van der Waals surface area (Å²) in [5, 5.41) is 3.33. The number of amides is 1. The van der Waals surface area contributed by atoms with Crippen molar-refractivity contribution in [3.05, 3.63) is 59.7 Å². The summed E-state index contributed by atoms with van der Waals surface area (Å²) >= 11 is 0. The van der Waals surface area contributed by atoms with Crippen molar-refractivity contribution in [2.45, 2.75) is 45.7 Å². The number of fused-ring (bicyclic) bond motifs is 1. The number of para-hydroxylation sites is 1. The van der Waals surface area contributed by atoms with E-state index in [1.165, 1.54) is 11.1 Å². The minimum absolute atomic E-state index is 0.127. The highest BCUT2D eigenvalue weighted by atomic mass is 16.2. The van der Waals surface area contributed by atoms with E-state index in [1.54, 1.807) is 0 Å². The van der Waals surface area contributed by atoms with Crippen molar-refractivity contribution in [2.75, 3.05) is 10.2 Å². The van der Waals surface area contributed by atoms with Crippen molar-refractivity contribution in [2.24, 2.45) is 0 Å². The second kappa shape index (κ2) is 6.45. The largest absolute Gasteiger partial charge is 0.374 e. The van der Waals surface area contributed by atoms with Gasteiger partial charge in [0.25, 0.3) is 0 Å². The Kier molecular flexibility index (Phi) is 4.37. The zero-order chi connectivity index (χ0) is 16.4. The van der Waals surface area contributed by atoms with Crippen LogP contribution in [-0.4, -0.2) is 18.0 Å². The zero-order valence-corrected chi connectivity index (χ0v) is 14.0. The molecule has 2 aromatic carbocycles. The van der Waals surface area contributed by atoms with Gasteiger partial charge in [-0.3, -0.25) is 4.79 Å². The van der Waals surface area contributed by atoms with Crippen molar-refractivity contribution in [1.29, 1.82) is 0 Å². The third kappa shape index (κ3) is 3.09. The molecule has 3 rings (SSSR count). The highest BCUT2D eigenvalue weighted by Gasteiger charge is 2.32. The molecule has 0 spiro atoms. The Morgan fingerprint density at radius 2 is 1.91 bits per heavy atom. The van der Waals surface area contributed by atoms with E-state index in [4.69, 9.17) is 0 Å². The van der Waals surface area contributed by atoms with E-state index in [-0.39, 0.29) is 18.0 Å². The van der Waals surface area contributed by atoms with Crippen LogP contribution in [0.1, 0.15) is 31.9 Å². The first kappa shape index (κ1) is 15.6. The molecule has 120 valence electrons. The Hall–Kier alpha value is -2.29. The van der Waals surface area contributed by atoms with Crippen LogP contribution in [-0.2, 0) is 17.6 Å². The van der Waals surface area contributed by atoms with E-state index in [0.717, 1.165) is 24.2 Å². The Bertz CT molecular complexity index is 693. The predicted molar refractivity (Wildman–Crippen MR) is 96.0 cm³/mol. The first-order valence-electron chi connectivity index (χ1n) is 8.36. The van der Waals surface area contributed by atoms with Crippen LogP contribution in [0, 0.1) is 0 Å². The molecule has 0 aliphatic carbocycles. The molecule has 0 bridgehead atoms. The third-order valence-corrected chi connectivity index (χ3v) is 4.56. The molecule has 2 aromatic rings. The lowest BCUT2D eigenvalue weighted by Crippen LogP contribution is -2.44. The van der Waals surface area contributed by atoms with E-state index in [2.05, 4.69) is 37.4 Å². The predicted octanol–water partition coefficient (Wildman–Crippen LogP) is 4.03. The molecular formula is C20H24N2O. The monoisotopic (exact) mass is 308 g/mol. The molecule has 0 saturated heterocycles. The lowest BCUT2D eigenvalue weighted by Gasteiger charge is -2.27. The smallest absolute Gasteiger partial charge is 0.249 e. The Labute approximate surface area is 138 Å². The molecule has 1 heterocycles. The van der Waals surface area contributed by atoms with Crippen molar-refractivity contribution in [3.8, 4) is 0 Å². The van der Waals surface area contributed by atoms with Gasteiger partial charge in [0, 0.05) is 17.4 Å². The summed E-state index contributed by atoms with van der Waals surface area (Å²) in [6.07, 6.45) is 1.96. The van der Waals surface area contributed by atoms with Crippen LogP contribution in [0.15, 0.2) is 48.5 Å². The number of aryl methyl sites for hydroxylation is 1. The normalized spacial score (nSPS) is 17.7. The number of rotatable bonds is 4. The summed E-state index contributed by atoms with van der Waals surface area (Å²) in [7, 11) is 0. The van der Waals surface area contributed by atoms with Gasteiger partial charge in [0.2, 0.25) is 5.91 Å². The number of anilines is 2. The van der Waals surface area contributed by atoms with E-state index in [0.29, 0.717) is 0 Å². The van der Waals surface area contributed by atoms with Crippen molar-refractivity contribution >= 4 is 17.3 Å². The average molecular weight is 308 g/mol. The molecule has 23 heavy (non-hydrogen) atoms. The van der Waals surface area contributed by atoms with Gasteiger partial charge in [0.15, 0.2) is 0 Å². The Balaban J connectivity index is 1.74. The summed E-state index contributed by atoms with van der Waals surface area (Å²) in [4.78, 5) is 14.8. The third-order valence-electron chi connectivity index (χ3n) is 4.56. The summed E-state index contributed by atoms with van der Waals surface area (Å²) in [6.45, 7) is 6.19. The van der Waals surface area contributed by atoms with Gasteiger partial charge < -0.3 is 10.2 Å². The molecule has 3 heteroatoms. The fourth-order valence-electron chi connectivity index (χ4n) is 3.26. The van der Waals surface area contributed by atoms with Gasteiger partial charge in [0.1, 0.15) is 6.04 Å². The topological polar surface area (TPSA) is 32.3 Å². The minimum atomic E-state index is -0.254. The summed E-state index contributed by atoms with van der Waals surface area (Å²) in [6, 6.07) is 16.5. The molecule has 1 aliphatic rings. The Morgan fingerprint density at radius 1 is 1.22 bits per heavy atom. The first-order valence-corrected chi connectivity index (χ1v) is 8.36. The summed E-state index contributed by atoms with van der Waals surface area (Å²) < 4.78 is 0. The highest BCUT2D eigenvalue weighted by Crippen LogP contribution is 2.32. The van der Waals surface area contributed by atoms with Crippen molar-refractivity contribution in [1.82, 2.24) is 0 Å². The maximum absolute atomic E-state index is 12.9. The van der Waals surface area contributed by atoms with Crippen LogP contribution in [0.4, 0.5) is 11.4 Å². The van der Waals surface area contributed by atoms with Gasteiger partial charge in [0.05, 0.1) is 0 Å². The quantitative estimate of drug-likeness (QED) is 0.925. The number of carbonyl (C=O) groups excluding carboxylic acids is 1. The lowest BCUT2D eigenvalue weighted by molar-refractivity contribution is -0.119. The minimum Gasteiger partial charge on any atom is -0.374 e. The van der Waals surface area contributed by atoms with Crippen LogP contribution in [0.5, 0.6) is 0 Å². The number of carbonyl (C=O) groups is 1. The van der Waals surface area contributed by atoms with E-state index in [9.17, 15) is 4.79 Å². The van der Waals surface area contributed by atoms with Crippen LogP contribution in [0.2, 0.25) is 0 Å². The second-order valence-corrected chi connectivity index (χ2v) is 6.31. The zero-order valence-electron chi connectivity index (χ0n) is 14.0. The second-order valence-electron chi connectivity index (χ2n) is 6.31. The molecule has 3 nitrogen and oxygen atoms in total. The number of nitrogens with one attached hydrogen (secondary N) is 1. The van der Waals surface area contributed by atoms with E-state index in [1.807, 2.05) is 42.2 Å². The van der Waals surface area contributed by atoms with Crippen LogP contribution >= 0.6 is 0 Å². The fourth-order valence-corrected chi connectivity index (χ4v) is 3.26. The molecular weight excluding hydrogens is 284 g/mol. The SMILES string of the molecule is CCc1ccc(NC(C)C(=O)N2c3ccccc3CC2C)cc1. The maximum atomic E-state index is 12.9. The van der Waals surface area contributed by atoms with E-state index >= 15 is 0 Å². The van der Waals surface area contributed by atoms with Gasteiger partial charge in [-0.15, -0.1) is 0 Å². The van der Waals surface area contributed by atoms with Crippen molar-refractivity contribution in [3.63, 3.8) is 0 Å². The number of nitrogens with zero attached hydrogens (tertiary/aromatic N) is 1. The van der Waals surface area contributed by atoms with Gasteiger partial charge in [-0.05, 0) is 56.0 Å². The number of hydrogen-bond acceptors (Lipinski definition) is 2. The van der Waals surface area contributed by atoms with E-state index < -0.39 is 0 Å². The fraction of sp³-hybridized carbons (Fsp3) is 0.350. The molecule has 1 aliphatic heterocycles. The van der Waals surface area contributed by atoms with Crippen LogP contribution < -0.4 is 10.2 Å². The molecule has 2 unspecified atom stereocenters. The van der Waals surface area contributed by atoms with Crippen LogP contribution in [0.25, 0.3) is 0 Å². The molecule has 0 radical (unpaired) electrons. The lowest BCUT2D eigenvalue weighted by atomic mass is 10.1. The Morgan fingerprint density at radius 3 is 2.61 bits per heavy atom. The van der Waals surface area contributed by atoms with Gasteiger partial charge in [-0.25, -0.2) is 0 Å². The number of benzene rings is 2. The molecule has 0 fully saturated rings. The molecule has 1 N–H and O–H groups in total. The summed E-state index contributed by atoms with van der Waals surface area (Å²) in [5.74, 6) is 0.127. The first-order chi connectivity index (χ1) is 11.1. The molecule has 0 aromatic heterocycles. The standard InChI is InChI=1S/C20H24N2O/c1-4-16-9-11-18(12-10-16)21-15(3)20(23)22-14(2)13-17-7-5-6-8-19(17)22/h5-12,14-15,21H,4,13H2,1-3H3. The van der Waals surface area contributed by atoms with Gasteiger partial charge >= 0.3 is 0 Å². The molecule has 0 saturated carbocycles. The average Bonchev–Trinajstić information content (AvgIpc) is 2.90. The number of hydrogen-bond donors (Lipinski definition) is 1. The van der Waals surface area contributed by atoms with Crippen molar-refractivity contribution < 1.29 is 4.79 Å². The maximum Gasteiger partial charge on any atom is 0.249 e. The molecule has 2 atom stereocenters. The summed E-state index contributed by atoms with van der Waals surface area (Å²) in [5.41, 5.74) is 4.60. The highest BCUT2D eigenvalue weighted by molar-refractivity contribution is 6.00. The molecule has 1 amide bonds.